The number of hydrogen-bond donors (Lipinski definition) is 2. The Hall–Kier alpha value is 0.0900. The molecule has 1 heterocycles. The fraction of sp³-hybridized carbons (Fsp3) is 0.900. The van der Waals surface area contributed by atoms with Crippen LogP contribution in [0.25, 0.3) is 0 Å². The van der Waals surface area contributed by atoms with Crippen molar-refractivity contribution in [2.24, 2.45) is 5.92 Å². The number of amides is 3. The molecular weight excluding hydrogens is 402 g/mol. The Morgan fingerprint density at radius 3 is 2.48 bits per heavy atom. The standard InChI is InChI=1S/C20H37N2O5P.Na/c1-2-28(26,27)15-9-4-3-8-12-17-19(24)21-20(25)22(17)14-13-18(23)16-10-6-5-7-11-16;/h16-18,23H,2-15H2,1H3,(H,26,27)(H,21,24,25);/q;+1/p-1/t17-,18?;/m0./s1. The Morgan fingerprint density at radius 1 is 1.17 bits per heavy atom. The van der Waals surface area contributed by atoms with Gasteiger partial charge in [0.2, 0.25) is 0 Å². The van der Waals surface area contributed by atoms with Gasteiger partial charge in [-0.25, -0.2) is 4.79 Å². The van der Waals surface area contributed by atoms with E-state index >= 15 is 0 Å². The number of carbonyl (C=O) groups is 2. The molecule has 9 heteroatoms. The Labute approximate surface area is 197 Å². The second-order valence-corrected chi connectivity index (χ2v) is 11.0. The van der Waals surface area contributed by atoms with Crippen LogP contribution in [0.5, 0.6) is 0 Å². The zero-order chi connectivity index (χ0) is 20.6. The number of imide groups is 1. The zero-order valence-corrected chi connectivity index (χ0v) is 21.0. The van der Waals surface area contributed by atoms with E-state index in [1.54, 1.807) is 11.8 Å². The van der Waals surface area contributed by atoms with Crippen LogP contribution >= 0.6 is 7.37 Å². The first-order valence-electron chi connectivity index (χ1n) is 10.9. The summed E-state index contributed by atoms with van der Waals surface area (Å²) in [5.41, 5.74) is 0. The number of aliphatic hydroxyl groups is 1. The quantitative estimate of drug-likeness (QED) is 0.191. The first kappa shape index (κ1) is 27.1. The topological polar surface area (TPSA) is 110 Å². The van der Waals surface area contributed by atoms with Crippen molar-refractivity contribution in [3.63, 3.8) is 0 Å². The number of unbranched alkanes of at least 4 members (excludes halogenated alkanes) is 3. The van der Waals surface area contributed by atoms with Gasteiger partial charge in [0, 0.05) is 13.9 Å². The first-order chi connectivity index (χ1) is 13.3. The maximum absolute atomic E-state index is 12.1. The second kappa shape index (κ2) is 13.5. The largest absolute Gasteiger partial charge is 1.00 e. The smallest absolute Gasteiger partial charge is 0.799 e. The van der Waals surface area contributed by atoms with Crippen LogP contribution in [0.15, 0.2) is 0 Å². The van der Waals surface area contributed by atoms with Gasteiger partial charge in [-0.15, -0.1) is 0 Å². The third-order valence-electron chi connectivity index (χ3n) is 6.24. The molecule has 0 bridgehead atoms. The maximum Gasteiger partial charge on any atom is 1.00 e. The number of rotatable bonds is 12. The van der Waals surface area contributed by atoms with Crippen LogP contribution in [-0.2, 0) is 9.36 Å². The summed E-state index contributed by atoms with van der Waals surface area (Å²) in [6.07, 6.45) is 9.88. The molecule has 0 aromatic heterocycles. The Morgan fingerprint density at radius 2 is 1.83 bits per heavy atom. The molecular formula is C20H36N2NaO5P. The molecule has 2 unspecified atom stereocenters. The fourth-order valence-electron chi connectivity index (χ4n) is 4.32. The minimum absolute atomic E-state index is 0. The molecule has 0 radical (unpaired) electrons. The Kier molecular flexibility index (Phi) is 12.6. The number of carbonyl (C=O) groups excluding carboxylic acids is 2. The molecule has 0 spiro atoms. The average Bonchev–Trinajstić information content (AvgIpc) is 2.95. The Bertz CT molecular complexity index is 571. The number of aliphatic hydroxyl groups excluding tert-OH is 1. The molecule has 1 aliphatic carbocycles. The van der Waals surface area contributed by atoms with E-state index < -0.39 is 19.5 Å². The number of hydrogen-bond acceptors (Lipinski definition) is 5. The fourth-order valence-corrected chi connectivity index (χ4v) is 5.34. The van der Waals surface area contributed by atoms with Crippen LogP contribution in [0.4, 0.5) is 4.79 Å². The monoisotopic (exact) mass is 438 g/mol. The molecule has 162 valence electrons. The molecule has 0 aromatic carbocycles. The molecule has 2 aliphatic rings. The summed E-state index contributed by atoms with van der Waals surface area (Å²) in [6.45, 7) is 2.07. The summed E-state index contributed by atoms with van der Waals surface area (Å²) in [4.78, 5) is 37.3. The van der Waals surface area contributed by atoms with Gasteiger partial charge in [-0.05, 0) is 50.3 Å². The van der Waals surface area contributed by atoms with Crippen molar-refractivity contribution in [3.8, 4) is 0 Å². The van der Waals surface area contributed by atoms with Crippen LogP contribution in [0.1, 0.15) is 77.6 Å². The van der Waals surface area contributed by atoms with Gasteiger partial charge in [0.1, 0.15) is 6.04 Å². The van der Waals surface area contributed by atoms with E-state index in [1.165, 1.54) is 6.42 Å². The van der Waals surface area contributed by atoms with E-state index in [1.807, 2.05) is 0 Å². The predicted molar refractivity (Wildman–Crippen MR) is 107 cm³/mol. The van der Waals surface area contributed by atoms with Crippen LogP contribution in [-0.4, -0.2) is 53.0 Å². The van der Waals surface area contributed by atoms with Crippen molar-refractivity contribution in [2.75, 3.05) is 18.9 Å². The van der Waals surface area contributed by atoms with Gasteiger partial charge in [0.15, 0.2) is 0 Å². The van der Waals surface area contributed by atoms with Crippen molar-refractivity contribution < 1.29 is 53.7 Å². The van der Waals surface area contributed by atoms with E-state index in [0.717, 1.165) is 44.9 Å². The van der Waals surface area contributed by atoms with Gasteiger partial charge in [-0.3, -0.25) is 10.1 Å². The molecule has 7 nitrogen and oxygen atoms in total. The van der Waals surface area contributed by atoms with E-state index in [-0.39, 0.29) is 53.8 Å². The predicted octanol–water partition coefficient (Wildman–Crippen LogP) is -0.149. The molecule has 2 N–H and O–H groups in total. The van der Waals surface area contributed by atoms with Crippen LogP contribution in [0, 0.1) is 5.92 Å². The molecule has 1 saturated carbocycles. The van der Waals surface area contributed by atoms with Gasteiger partial charge in [0.25, 0.3) is 5.91 Å². The summed E-state index contributed by atoms with van der Waals surface area (Å²) in [6, 6.07) is -0.826. The van der Waals surface area contributed by atoms with Crippen molar-refractivity contribution in [3.05, 3.63) is 0 Å². The SMILES string of the molecule is CCP(=O)([O-])CCCCCC[C@H]1C(=O)NC(=O)N1CCC(O)C1CCCCC1.[Na+]. The minimum Gasteiger partial charge on any atom is -0.799 e. The number of urea groups is 1. The summed E-state index contributed by atoms with van der Waals surface area (Å²) in [7, 11) is -3.19. The van der Waals surface area contributed by atoms with E-state index in [2.05, 4.69) is 5.32 Å². The van der Waals surface area contributed by atoms with Gasteiger partial charge in [-0.1, -0.05) is 45.4 Å². The van der Waals surface area contributed by atoms with Crippen LogP contribution in [0.2, 0.25) is 0 Å². The summed E-state index contributed by atoms with van der Waals surface area (Å²) >= 11 is 0. The second-order valence-electron chi connectivity index (χ2n) is 8.31. The molecule has 3 amide bonds. The van der Waals surface area contributed by atoms with Crippen molar-refractivity contribution in [2.45, 2.75) is 89.7 Å². The average molecular weight is 438 g/mol. The molecule has 2 rings (SSSR count). The van der Waals surface area contributed by atoms with E-state index in [4.69, 9.17) is 0 Å². The third kappa shape index (κ3) is 9.00. The van der Waals surface area contributed by atoms with Crippen LogP contribution < -0.4 is 39.8 Å². The van der Waals surface area contributed by atoms with Crippen molar-refractivity contribution >= 4 is 19.3 Å². The van der Waals surface area contributed by atoms with Gasteiger partial charge < -0.3 is 19.5 Å². The molecule has 3 atom stereocenters. The van der Waals surface area contributed by atoms with Crippen molar-refractivity contribution in [1.82, 2.24) is 10.2 Å². The van der Waals surface area contributed by atoms with Gasteiger partial charge in [-0.2, -0.15) is 0 Å². The first-order valence-corrected chi connectivity index (χ1v) is 12.9. The normalized spacial score (nSPS) is 23.4. The van der Waals surface area contributed by atoms with Crippen molar-refractivity contribution in [1.29, 1.82) is 0 Å². The molecule has 1 aliphatic heterocycles. The molecule has 0 aromatic rings. The molecule has 29 heavy (non-hydrogen) atoms. The number of nitrogens with one attached hydrogen (secondary N) is 1. The maximum atomic E-state index is 12.1. The van der Waals surface area contributed by atoms with E-state index in [0.29, 0.717) is 31.7 Å². The zero-order valence-electron chi connectivity index (χ0n) is 18.1. The molecule has 2 fully saturated rings. The third-order valence-corrected chi connectivity index (χ3v) is 8.20. The van der Waals surface area contributed by atoms with Gasteiger partial charge >= 0.3 is 35.6 Å². The summed E-state index contributed by atoms with van der Waals surface area (Å²) in [5, 5.41) is 12.8. The Balaban J connectivity index is 0.00000420. The number of nitrogens with zero attached hydrogens (tertiary/aromatic N) is 1. The minimum atomic E-state index is -3.19. The van der Waals surface area contributed by atoms with Crippen LogP contribution in [0.3, 0.4) is 0 Å². The van der Waals surface area contributed by atoms with E-state index in [9.17, 15) is 24.2 Å². The molecule has 1 saturated heterocycles. The van der Waals surface area contributed by atoms with Gasteiger partial charge in [0.05, 0.1) is 6.10 Å². The summed E-state index contributed by atoms with van der Waals surface area (Å²) < 4.78 is 11.5. The summed E-state index contributed by atoms with van der Waals surface area (Å²) in [5.74, 6) is 0.0564.